The van der Waals surface area contributed by atoms with E-state index < -0.39 is 5.54 Å². The van der Waals surface area contributed by atoms with Crippen molar-refractivity contribution in [2.45, 2.75) is 19.4 Å². The van der Waals surface area contributed by atoms with Gasteiger partial charge in [-0.25, -0.2) is 4.98 Å². The Kier molecular flexibility index (Phi) is 3.11. The van der Waals surface area contributed by atoms with Crippen molar-refractivity contribution in [1.29, 1.82) is 0 Å². The van der Waals surface area contributed by atoms with Gasteiger partial charge in [-0.1, -0.05) is 0 Å². The van der Waals surface area contributed by atoms with E-state index in [1.54, 1.807) is 23.3 Å². The summed E-state index contributed by atoms with van der Waals surface area (Å²) in [7, 11) is 0. The summed E-state index contributed by atoms with van der Waals surface area (Å²) in [5.41, 5.74) is 5.09. The van der Waals surface area contributed by atoms with Crippen LogP contribution in [0.1, 0.15) is 13.8 Å². The molecule has 0 atom stereocenters. The van der Waals surface area contributed by atoms with Crippen molar-refractivity contribution in [3.8, 4) is 5.95 Å². The van der Waals surface area contributed by atoms with Gasteiger partial charge in [0, 0.05) is 12.4 Å². The molecule has 8 heteroatoms. The third kappa shape index (κ3) is 2.72. The maximum absolute atomic E-state index is 9.20. The van der Waals surface area contributed by atoms with Gasteiger partial charge in [0.05, 0.1) is 12.1 Å². The molecular weight excluding hydrogens is 234 g/mol. The maximum atomic E-state index is 9.20. The van der Waals surface area contributed by atoms with E-state index >= 15 is 0 Å². The van der Waals surface area contributed by atoms with Gasteiger partial charge in [-0.05, 0) is 13.8 Å². The molecule has 2 heterocycles. The van der Waals surface area contributed by atoms with E-state index in [1.165, 1.54) is 0 Å². The van der Waals surface area contributed by atoms with Gasteiger partial charge >= 0.3 is 0 Å². The number of hydrogen-bond acceptors (Lipinski definition) is 7. The van der Waals surface area contributed by atoms with Crippen LogP contribution in [0, 0.1) is 0 Å². The van der Waals surface area contributed by atoms with Crippen LogP contribution in [0.4, 0.5) is 11.9 Å². The number of aliphatic hydroxyl groups excluding tert-OH is 1. The Hall–Kier alpha value is -2.22. The van der Waals surface area contributed by atoms with Crippen molar-refractivity contribution in [2.75, 3.05) is 17.7 Å². The highest BCUT2D eigenvalue weighted by Crippen LogP contribution is 2.12. The number of anilines is 2. The molecule has 0 aliphatic rings. The quantitative estimate of drug-likeness (QED) is 0.688. The molecular formula is C10H15N7O. The molecule has 0 spiro atoms. The molecule has 0 saturated carbocycles. The van der Waals surface area contributed by atoms with Gasteiger partial charge in [-0.2, -0.15) is 15.0 Å². The number of hydrogen-bond donors (Lipinski definition) is 3. The van der Waals surface area contributed by atoms with E-state index in [1.807, 2.05) is 13.8 Å². The SMILES string of the molecule is CC(C)(CO)Nc1nc(N)nc(-n2ccnc2)n1. The Morgan fingerprint density at radius 2 is 2.17 bits per heavy atom. The number of nitrogens with one attached hydrogen (secondary N) is 1. The lowest BCUT2D eigenvalue weighted by Gasteiger charge is -2.23. The van der Waals surface area contributed by atoms with Crippen molar-refractivity contribution in [2.24, 2.45) is 0 Å². The van der Waals surface area contributed by atoms with Gasteiger partial charge in [0.2, 0.25) is 17.8 Å². The predicted octanol–water partition coefficient (Wildman–Crippen LogP) is -0.178. The average molecular weight is 249 g/mol. The van der Waals surface area contributed by atoms with Crippen molar-refractivity contribution in [1.82, 2.24) is 24.5 Å². The first kappa shape index (κ1) is 12.2. The van der Waals surface area contributed by atoms with Crippen molar-refractivity contribution < 1.29 is 5.11 Å². The van der Waals surface area contributed by atoms with Crippen LogP contribution < -0.4 is 11.1 Å². The third-order valence-corrected chi connectivity index (χ3v) is 2.22. The van der Waals surface area contributed by atoms with E-state index in [9.17, 15) is 5.11 Å². The maximum Gasteiger partial charge on any atom is 0.241 e. The number of nitrogens with two attached hydrogens (primary N) is 1. The van der Waals surface area contributed by atoms with Gasteiger partial charge < -0.3 is 16.2 Å². The monoisotopic (exact) mass is 249 g/mol. The predicted molar refractivity (Wildman–Crippen MR) is 66.1 cm³/mol. The van der Waals surface area contributed by atoms with Gasteiger partial charge in [0.15, 0.2) is 0 Å². The van der Waals surface area contributed by atoms with Gasteiger partial charge in [-0.15, -0.1) is 0 Å². The van der Waals surface area contributed by atoms with Crippen LogP contribution in [0.5, 0.6) is 0 Å². The summed E-state index contributed by atoms with van der Waals surface area (Å²) < 4.78 is 1.62. The molecule has 18 heavy (non-hydrogen) atoms. The highest BCUT2D eigenvalue weighted by molar-refractivity contribution is 5.37. The zero-order valence-electron chi connectivity index (χ0n) is 10.2. The summed E-state index contributed by atoms with van der Waals surface area (Å²) in [6, 6.07) is 0. The van der Waals surface area contributed by atoms with E-state index in [4.69, 9.17) is 5.73 Å². The highest BCUT2D eigenvalue weighted by atomic mass is 16.3. The van der Waals surface area contributed by atoms with Crippen LogP contribution in [-0.2, 0) is 0 Å². The van der Waals surface area contributed by atoms with E-state index in [0.29, 0.717) is 11.9 Å². The minimum Gasteiger partial charge on any atom is -0.394 e. The standard InChI is InChI=1S/C10H15N7O/c1-10(2,5-18)16-8-13-7(11)14-9(15-8)17-4-3-12-6-17/h3-4,6,18H,5H2,1-2H3,(H3,11,13,14,15,16). The summed E-state index contributed by atoms with van der Waals surface area (Å²) in [6.45, 7) is 3.59. The fraction of sp³-hybridized carbons (Fsp3) is 0.400. The zero-order valence-corrected chi connectivity index (χ0v) is 10.2. The Balaban J connectivity index is 2.33. The minimum atomic E-state index is -0.542. The largest absolute Gasteiger partial charge is 0.394 e. The Labute approximate surface area is 104 Å². The summed E-state index contributed by atoms with van der Waals surface area (Å²) in [6.07, 6.45) is 4.89. The second-order valence-electron chi connectivity index (χ2n) is 4.45. The first-order valence-corrected chi connectivity index (χ1v) is 5.39. The van der Waals surface area contributed by atoms with Crippen molar-refractivity contribution >= 4 is 11.9 Å². The second kappa shape index (κ2) is 4.57. The summed E-state index contributed by atoms with van der Waals surface area (Å²) >= 11 is 0. The number of aromatic nitrogens is 5. The molecule has 96 valence electrons. The lowest BCUT2D eigenvalue weighted by molar-refractivity contribution is 0.233. The molecule has 0 fully saturated rings. The normalized spacial score (nSPS) is 11.5. The number of nitrogen functional groups attached to an aromatic ring is 1. The van der Waals surface area contributed by atoms with Crippen LogP contribution in [0.2, 0.25) is 0 Å². The first-order valence-electron chi connectivity index (χ1n) is 5.39. The highest BCUT2D eigenvalue weighted by Gasteiger charge is 2.18. The number of nitrogens with zero attached hydrogens (tertiary/aromatic N) is 5. The summed E-state index contributed by atoms with van der Waals surface area (Å²) in [5, 5.41) is 12.2. The van der Waals surface area contributed by atoms with Crippen LogP contribution in [-0.4, -0.2) is 41.8 Å². The third-order valence-electron chi connectivity index (χ3n) is 2.22. The van der Waals surface area contributed by atoms with Gasteiger partial charge in [0.1, 0.15) is 6.33 Å². The lowest BCUT2D eigenvalue weighted by atomic mass is 10.1. The molecule has 0 aliphatic heterocycles. The van der Waals surface area contributed by atoms with Gasteiger partial charge in [-0.3, -0.25) is 4.57 Å². The summed E-state index contributed by atoms with van der Waals surface area (Å²) in [4.78, 5) is 16.1. The van der Waals surface area contributed by atoms with Crippen molar-refractivity contribution in [3.63, 3.8) is 0 Å². The molecule has 0 aliphatic carbocycles. The van der Waals surface area contributed by atoms with Crippen LogP contribution in [0.25, 0.3) is 5.95 Å². The molecule has 0 unspecified atom stereocenters. The van der Waals surface area contributed by atoms with Crippen LogP contribution in [0.3, 0.4) is 0 Å². The van der Waals surface area contributed by atoms with Crippen LogP contribution in [0.15, 0.2) is 18.7 Å². The van der Waals surface area contributed by atoms with Crippen LogP contribution >= 0.6 is 0 Å². The molecule has 8 nitrogen and oxygen atoms in total. The molecule has 0 aromatic carbocycles. The number of imidazole rings is 1. The molecule has 0 amide bonds. The van der Waals surface area contributed by atoms with E-state index in [2.05, 4.69) is 25.3 Å². The van der Waals surface area contributed by atoms with E-state index in [-0.39, 0.29) is 12.6 Å². The lowest BCUT2D eigenvalue weighted by Crippen LogP contribution is -2.36. The average Bonchev–Trinajstić information content (AvgIpc) is 2.81. The van der Waals surface area contributed by atoms with E-state index in [0.717, 1.165) is 0 Å². The first-order chi connectivity index (χ1) is 8.50. The Bertz CT molecular complexity index is 523. The molecule has 2 aromatic rings. The molecule has 0 saturated heterocycles. The fourth-order valence-corrected chi connectivity index (χ4v) is 1.27. The number of rotatable bonds is 4. The minimum absolute atomic E-state index is 0.0566. The topological polar surface area (TPSA) is 115 Å². The van der Waals surface area contributed by atoms with Crippen molar-refractivity contribution in [3.05, 3.63) is 18.7 Å². The Morgan fingerprint density at radius 3 is 2.78 bits per heavy atom. The molecule has 2 aromatic heterocycles. The molecule has 4 N–H and O–H groups in total. The zero-order chi connectivity index (χ0) is 13.2. The summed E-state index contributed by atoms with van der Waals surface area (Å²) in [5.74, 6) is 0.784. The second-order valence-corrected chi connectivity index (χ2v) is 4.45. The molecule has 0 radical (unpaired) electrons. The Morgan fingerprint density at radius 1 is 1.39 bits per heavy atom. The molecule has 2 rings (SSSR count). The fourth-order valence-electron chi connectivity index (χ4n) is 1.27. The van der Waals surface area contributed by atoms with Gasteiger partial charge in [0.25, 0.3) is 0 Å². The molecule has 0 bridgehead atoms. The smallest absolute Gasteiger partial charge is 0.241 e. The number of aliphatic hydroxyl groups is 1.